The normalized spacial score (nSPS) is 27.3. The molecule has 27 heavy (non-hydrogen) atoms. The number of hydrogen-bond acceptors (Lipinski definition) is 3. The first kappa shape index (κ1) is 18.4. The van der Waals surface area contributed by atoms with Crippen LogP contribution in [-0.2, 0) is 0 Å². The average Bonchev–Trinajstić information content (AvgIpc) is 3.19. The number of amides is 1. The van der Waals surface area contributed by atoms with Crippen molar-refractivity contribution < 1.29 is 9.18 Å². The van der Waals surface area contributed by atoms with Crippen LogP contribution in [0.4, 0.5) is 4.39 Å². The van der Waals surface area contributed by atoms with E-state index in [-0.39, 0.29) is 17.8 Å². The van der Waals surface area contributed by atoms with Gasteiger partial charge in [0.05, 0.1) is 11.1 Å². The molecule has 2 aromatic rings. The van der Waals surface area contributed by atoms with E-state index in [0.29, 0.717) is 34.3 Å². The molecule has 0 radical (unpaired) electrons. The first-order valence-electron chi connectivity index (χ1n) is 9.84. The van der Waals surface area contributed by atoms with Crippen LogP contribution in [0.15, 0.2) is 24.3 Å². The summed E-state index contributed by atoms with van der Waals surface area (Å²) in [6.45, 7) is 1.88. The number of pyridine rings is 1. The molecule has 1 heterocycles. The monoisotopic (exact) mass is 369 g/mol. The zero-order valence-electron chi connectivity index (χ0n) is 16.6. The van der Waals surface area contributed by atoms with Crippen molar-refractivity contribution in [2.24, 2.45) is 11.8 Å². The molecule has 0 spiro atoms. The molecule has 4 nitrogen and oxygen atoms in total. The van der Waals surface area contributed by atoms with Gasteiger partial charge in [-0.1, -0.05) is 0 Å². The molecule has 2 aliphatic rings. The van der Waals surface area contributed by atoms with Crippen molar-refractivity contribution in [1.82, 2.24) is 14.8 Å². The summed E-state index contributed by atoms with van der Waals surface area (Å²) in [7, 11) is 6.22. The molecular formula is C22H28FN3O. The fraction of sp³-hybridized carbons (Fsp3) is 0.545. The van der Waals surface area contributed by atoms with E-state index < -0.39 is 0 Å². The molecule has 0 saturated heterocycles. The third kappa shape index (κ3) is 3.33. The number of aryl methyl sites for hydroxylation is 1. The van der Waals surface area contributed by atoms with Crippen LogP contribution in [0.2, 0.25) is 0 Å². The van der Waals surface area contributed by atoms with E-state index in [1.165, 1.54) is 25.0 Å². The highest BCUT2D eigenvalue weighted by molar-refractivity contribution is 6.06. The molecule has 4 atom stereocenters. The van der Waals surface area contributed by atoms with Gasteiger partial charge in [0.2, 0.25) is 0 Å². The minimum atomic E-state index is -0.338. The predicted octanol–water partition coefficient (Wildman–Crippen LogP) is 3.87. The van der Waals surface area contributed by atoms with Crippen LogP contribution < -0.4 is 0 Å². The lowest BCUT2D eigenvalue weighted by atomic mass is 10.0. The number of halogens is 1. The van der Waals surface area contributed by atoms with Gasteiger partial charge in [-0.3, -0.25) is 9.78 Å². The third-order valence-electron chi connectivity index (χ3n) is 6.69. The van der Waals surface area contributed by atoms with E-state index in [1.54, 1.807) is 12.1 Å². The number of fused-ring (bicyclic) bond motifs is 2. The second-order valence-electron chi connectivity index (χ2n) is 8.62. The summed E-state index contributed by atoms with van der Waals surface area (Å²) in [5, 5.41) is 0.600. The number of aromatic nitrogens is 1. The first-order valence-corrected chi connectivity index (χ1v) is 9.84. The van der Waals surface area contributed by atoms with Crippen molar-refractivity contribution in [3.8, 4) is 0 Å². The summed E-state index contributed by atoms with van der Waals surface area (Å²) in [6, 6.07) is 7.21. The van der Waals surface area contributed by atoms with Crippen LogP contribution >= 0.6 is 0 Å². The van der Waals surface area contributed by atoms with Crippen molar-refractivity contribution in [1.29, 1.82) is 0 Å². The summed E-state index contributed by atoms with van der Waals surface area (Å²) in [4.78, 5) is 21.9. The molecule has 0 bridgehead atoms. The Balaban J connectivity index is 1.56. The second kappa shape index (κ2) is 6.86. The van der Waals surface area contributed by atoms with Crippen LogP contribution in [0.25, 0.3) is 10.9 Å². The van der Waals surface area contributed by atoms with Gasteiger partial charge in [-0.25, -0.2) is 4.39 Å². The summed E-state index contributed by atoms with van der Waals surface area (Å²) < 4.78 is 13.8. The fourth-order valence-corrected chi connectivity index (χ4v) is 5.15. The Morgan fingerprint density at radius 1 is 1.04 bits per heavy atom. The van der Waals surface area contributed by atoms with Gasteiger partial charge < -0.3 is 9.80 Å². The number of nitrogens with zero attached hydrogens (tertiary/aromatic N) is 3. The maximum atomic E-state index is 13.8. The van der Waals surface area contributed by atoms with Gasteiger partial charge in [0.25, 0.3) is 5.91 Å². The number of benzene rings is 1. The minimum Gasteiger partial charge on any atom is -0.339 e. The Bertz CT molecular complexity index is 867. The lowest BCUT2D eigenvalue weighted by Gasteiger charge is -2.27. The smallest absolute Gasteiger partial charge is 0.254 e. The quantitative estimate of drug-likeness (QED) is 0.824. The van der Waals surface area contributed by atoms with Gasteiger partial charge in [0.15, 0.2) is 0 Å². The maximum Gasteiger partial charge on any atom is 0.254 e. The minimum absolute atomic E-state index is 0.0229. The summed E-state index contributed by atoms with van der Waals surface area (Å²) in [6.07, 6.45) is 4.62. The van der Waals surface area contributed by atoms with E-state index in [1.807, 2.05) is 18.9 Å². The van der Waals surface area contributed by atoms with Crippen LogP contribution in [0.1, 0.15) is 41.7 Å². The first-order chi connectivity index (χ1) is 12.8. The maximum absolute atomic E-state index is 13.8. The zero-order chi connectivity index (χ0) is 19.3. The van der Waals surface area contributed by atoms with Crippen LogP contribution in [0.3, 0.4) is 0 Å². The fourth-order valence-electron chi connectivity index (χ4n) is 5.15. The summed E-state index contributed by atoms with van der Waals surface area (Å²) in [5.74, 6) is 1.07. The standard InChI is InChI=1S/C22H28FN3O/c1-13-7-20(19-12-16(23)5-6-21(19)24-13)22(27)26(4)18-10-14-8-17(25(2)3)9-15(14)11-18/h5-7,12,14-15,17-18H,8-11H2,1-4H3/t14-,15+,17?,18?. The van der Waals surface area contributed by atoms with E-state index in [0.717, 1.165) is 18.5 Å². The number of rotatable bonds is 3. The van der Waals surface area contributed by atoms with Crippen molar-refractivity contribution in [2.75, 3.05) is 21.1 Å². The number of hydrogen-bond donors (Lipinski definition) is 0. The van der Waals surface area contributed by atoms with Crippen molar-refractivity contribution in [3.05, 3.63) is 41.3 Å². The Morgan fingerprint density at radius 3 is 2.30 bits per heavy atom. The van der Waals surface area contributed by atoms with Crippen LogP contribution in [0, 0.1) is 24.6 Å². The van der Waals surface area contributed by atoms with E-state index in [9.17, 15) is 9.18 Å². The van der Waals surface area contributed by atoms with Gasteiger partial charge in [-0.15, -0.1) is 0 Å². The van der Waals surface area contributed by atoms with E-state index in [4.69, 9.17) is 0 Å². The van der Waals surface area contributed by atoms with Crippen molar-refractivity contribution in [3.63, 3.8) is 0 Å². The van der Waals surface area contributed by atoms with Gasteiger partial charge in [-0.2, -0.15) is 0 Å². The Morgan fingerprint density at radius 2 is 1.67 bits per heavy atom. The topological polar surface area (TPSA) is 36.4 Å². The van der Waals surface area contributed by atoms with Crippen molar-refractivity contribution >= 4 is 16.8 Å². The summed E-state index contributed by atoms with van der Waals surface area (Å²) in [5.41, 5.74) is 2.01. The zero-order valence-corrected chi connectivity index (χ0v) is 16.6. The Kier molecular flexibility index (Phi) is 4.66. The molecule has 144 valence electrons. The lowest BCUT2D eigenvalue weighted by molar-refractivity contribution is 0.0728. The summed E-state index contributed by atoms with van der Waals surface area (Å²) >= 11 is 0. The molecule has 1 aromatic carbocycles. The molecule has 5 heteroatoms. The molecule has 1 aromatic heterocycles. The van der Waals surface area contributed by atoms with Gasteiger partial charge in [0, 0.05) is 30.2 Å². The SMILES string of the molecule is Cc1cc(C(=O)N(C)C2C[C@H]3CC(N(C)C)C[C@H]3C2)c2cc(F)ccc2n1. The van der Waals surface area contributed by atoms with E-state index in [2.05, 4.69) is 24.0 Å². The molecule has 4 rings (SSSR count). The predicted molar refractivity (Wildman–Crippen MR) is 105 cm³/mol. The van der Waals surface area contributed by atoms with Crippen LogP contribution in [-0.4, -0.2) is 53.9 Å². The molecule has 2 saturated carbocycles. The van der Waals surface area contributed by atoms with Crippen LogP contribution in [0.5, 0.6) is 0 Å². The Hall–Kier alpha value is -2.01. The molecule has 2 fully saturated rings. The van der Waals surface area contributed by atoms with Crippen molar-refractivity contribution in [2.45, 2.75) is 44.7 Å². The molecule has 1 amide bonds. The number of carbonyl (C=O) groups is 1. The van der Waals surface area contributed by atoms with Gasteiger partial charge in [0.1, 0.15) is 5.82 Å². The average molecular weight is 369 g/mol. The van der Waals surface area contributed by atoms with Gasteiger partial charge >= 0.3 is 0 Å². The highest BCUT2D eigenvalue weighted by Gasteiger charge is 2.44. The molecule has 0 aliphatic heterocycles. The van der Waals surface area contributed by atoms with E-state index >= 15 is 0 Å². The molecular weight excluding hydrogens is 341 g/mol. The highest BCUT2D eigenvalue weighted by atomic mass is 19.1. The lowest BCUT2D eigenvalue weighted by Crippen LogP contribution is -2.36. The molecule has 0 N–H and O–H groups in total. The number of carbonyl (C=O) groups excluding carboxylic acids is 1. The Labute approximate surface area is 160 Å². The second-order valence-corrected chi connectivity index (χ2v) is 8.62. The largest absolute Gasteiger partial charge is 0.339 e. The molecule has 2 aliphatic carbocycles. The third-order valence-corrected chi connectivity index (χ3v) is 6.69. The highest BCUT2D eigenvalue weighted by Crippen LogP contribution is 2.46. The van der Waals surface area contributed by atoms with Gasteiger partial charge in [-0.05, 0) is 82.8 Å². The molecule has 2 unspecified atom stereocenters.